The maximum atomic E-state index is 10.4. The maximum Gasteiger partial charge on any atom is 0.354 e. The number of nitrogens with zero attached hydrogens (tertiary/aromatic N) is 1. The van der Waals surface area contributed by atoms with E-state index >= 15 is 0 Å². The van der Waals surface area contributed by atoms with Crippen molar-refractivity contribution in [2.75, 3.05) is 13.7 Å². The Morgan fingerprint density at radius 1 is 1.67 bits per heavy atom. The summed E-state index contributed by atoms with van der Waals surface area (Å²) in [6, 6.07) is 0. The molecule has 0 saturated carbocycles. The van der Waals surface area contributed by atoms with E-state index in [9.17, 15) is 4.79 Å². The summed E-state index contributed by atoms with van der Waals surface area (Å²) < 4.78 is 0. The molecule has 0 aliphatic heterocycles. The number of aliphatic imine (C=N–C) groups is 1. The Balaban J connectivity index is 4.38. The van der Waals surface area contributed by atoms with Crippen molar-refractivity contribution in [1.29, 1.82) is 0 Å². The Kier molecular flexibility index (Phi) is 4.71. The largest absolute Gasteiger partial charge is 0.477 e. The zero-order valence-electron chi connectivity index (χ0n) is 6.82. The minimum absolute atomic E-state index is 0.0983. The molecule has 0 aliphatic carbocycles. The molecule has 0 heterocycles. The van der Waals surface area contributed by atoms with Gasteiger partial charge < -0.3 is 15.9 Å². The molecule has 5 nitrogen and oxygen atoms in total. The molecule has 0 aromatic rings. The summed E-state index contributed by atoms with van der Waals surface area (Å²) in [5, 5.41) is 16.9. The number of nitrogens with two attached hydrogens (primary N) is 1. The SMILES string of the molecule is CN=C(/C=C(\N)CCO)C(=O)O. The van der Waals surface area contributed by atoms with Crippen molar-refractivity contribution in [1.82, 2.24) is 0 Å². The van der Waals surface area contributed by atoms with Crippen LogP contribution in [-0.4, -0.2) is 35.5 Å². The summed E-state index contributed by atoms with van der Waals surface area (Å²) in [5.41, 5.74) is 5.55. The Labute approximate surface area is 70.2 Å². The quantitative estimate of drug-likeness (QED) is 0.492. The van der Waals surface area contributed by atoms with Gasteiger partial charge in [-0.1, -0.05) is 0 Å². The molecule has 68 valence electrons. The Bertz CT molecular complexity index is 221. The van der Waals surface area contributed by atoms with Gasteiger partial charge in [0.05, 0.1) is 0 Å². The van der Waals surface area contributed by atoms with Crippen LogP contribution in [0.15, 0.2) is 16.8 Å². The minimum atomic E-state index is -1.13. The van der Waals surface area contributed by atoms with Crippen LogP contribution >= 0.6 is 0 Å². The Morgan fingerprint density at radius 3 is 2.58 bits per heavy atom. The van der Waals surface area contributed by atoms with Crippen molar-refractivity contribution in [3.63, 3.8) is 0 Å². The van der Waals surface area contributed by atoms with Crippen LogP contribution in [-0.2, 0) is 4.79 Å². The second-order valence-corrected chi connectivity index (χ2v) is 2.11. The monoisotopic (exact) mass is 172 g/mol. The van der Waals surface area contributed by atoms with E-state index in [4.69, 9.17) is 15.9 Å². The van der Waals surface area contributed by atoms with Crippen LogP contribution in [0.4, 0.5) is 0 Å². The maximum absolute atomic E-state index is 10.4. The van der Waals surface area contributed by atoms with Crippen LogP contribution in [0.25, 0.3) is 0 Å². The van der Waals surface area contributed by atoms with Gasteiger partial charge in [-0.05, 0) is 6.08 Å². The Hall–Kier alpha value is -1.36. The van der Waals surface area contributed by atoms with Crippen molar-refractivity contribution in [2.24, 2.45) is 10.7 Å². The molecule has 12 heavy (non-hydrogen) atoms. The van der Waals surface area contributed by atoms with E-state index in [2.05, 4.69) is 4.99 Å². The van der Waals surface area contributed by atoms with Crippen molar-refractivity contribution >= 4 is 11.7 Å². The summed E-state index contributed by atoms with van der Waals surface area (Å²) in [6.07, 6.45) is 1.49. The number of hydrogen-bond acceptors (Lipinski definition) is 4. The number of aliphatic carboxylic acids is 1. The lowest BCUT2D eigenvalue weighted by Gasteiger charge is -1.97. The predicted molar refractivity (Wildman–Crippen MR) is 45.0 cm³/mol. The number of rotatable bonds is 4. The van der Waals surface area contributed by atoms with Crippen molar-refractivity contribution < 1.29 is 15.0 Å². The van der Waals surface area contributed by atoms with E-state index in [1.807, 2.05) is 0 Å². The van der Waals surface area contributed by atoms with Crippen molar-refractivity contribution in [3.05, 3.63) is 11.8 Å². The van der Waals surface area contributed by atoms with E-state index in [1.165, 1.54) is 13.1 Å². The molecule has 0 amide bonds. The smallest absolute Gasteiger partial charge is 0.354 e. The van der Waals surface area contributed by atoms with Crippen LogP contribution in [0.3, 0.4) is 0 Å². The predicted octanol–water partition coefficient (Wildman–Crippen LogP) is -0.633. The summed E-state index contributed by atoms with van der Waals surface area (Å²) in [5.74, 6) is -1.13. The lowest BCUT2D eigenvalue weighted by atomic mass is 10.2. The fourth-order valence-corrected chi connectivity index (χ4v) is 0.599. The number of aliphatic hydroxyl groups excluding tert-OH is 1. The molecule has 4 N–H and O–H groups in total. The number of aliphatic hydroxyl groups is 1. The first kappa shape index (κ1) is 10.6. The zero-order valence-corrected chi connectivity index (χ0v) is 6.82. The van der Waals surface area contributed by atoms with Gasteiger partial charge in [-0.3, -0.25) is 4.99 Å². The summed E-state index contributed by atoms with van der Waals surface area (Å²) >= 11 is 0. The van der Waals surface area contributed by atoms with Crippen LogP contribution < -0.4 is 5.73 Å². The van der Waals surface area contributed by atoms with E-state index in [0.29, 0.717) is 5.70 Å². The summed E-state index contributed by atoms with van der Waals surface area (Å²) in [6.45, 7) is -0.0983. The highest BCUT2D eigenvalue weighted by Crippen LogP contribution is 1.92. The molecule has 0 radical (unpaired) electrons. The van der Waals surface area contributed by atoms with Crippen LogP contribution in [0.1, 0.15) is 6.42 Å². The number of hydrogen-bond donors (Lipinski definition) is 3. The van der Waals surface area contributed by atoms with Gasteiger partial charge >= 0.3 is 5.97 Å². The van der Waals surface area contributed by atoms with Crippen LogP contribution in [0.5, 0.6) is 0 Å². The molecule has 0 rings (SSSR count). The third-order valence-electron chi connectivity index (χ3n) is 1.18. The molecule has 0 fully saturated rings. The molecule has 0 bridgehead atoms. The lowest BCUT2D eigenvalue weighted by molar-refractivity contribution is -0.129. The van der Waals surface area contributed by atoms with Gasteiger partial charge in [0, 0.05) is 25.8 Å². The first-order valence-corrected chi connectivity index (χ1v) is 3.38. The third-order valence-corrected chi connectivity index (χ3v) is 1.18. The zero-order chi connectivity index (χ0) is 9.56. The molecule has 0 saturated heterocycles. The molecular weight excluding hydrogens is 160 g/mol. The normalized spacial score (nSPS) is 13.2. The first-order chi connectivity index (χ1) is 5.61. The number of carboxylic acids is 1. The second kappa shape index (κ2) is 5.31. The van der Waals surface area contributed by atoms with Crippen molar-refractivity contribution in [2.45, 2.75) is 6.42 Å². The van der Waals surface area contributed by atoms with Gasteiger partial charge in [0.15, 0.2) is 0 Å². The summed E-state index contributed by atoms with van der Waals surface area (Å²) in [7, 11) is 1.37. The van der Waals surface area contributed by atoms with Crippen LogP contribution in [0, 0.1) is 0 Å². The van der Waals surface area contributed by atoms with E-state index < -0.39 is 5.97 Å². The first-order valence-electron chi connectivity index (χ1n) is 3.38. The molecule has 0 atom stereocenters. The minimum Gasteiger partial charge on any atom is -0.477 e. The van der Waals surface area contributed by atoms with E-state index in [1.54, 1.807) is 0 Å². The highest BCUT2D eigenvalue weighted by atomic mass is 16.4. The van der Waals surface area contributed by atoms with Crippen LogP contribution in [0.2, 0.25) is 0 Å². The average Bonchev–Trinajstić information content (AvgIpc) is 2.00. The van der Waals surface area contributed by atoms with Gasteiger partial charge in [0.1, 0.15) is 5.71 Å². The average molecular weight is 172 g/mol. The van der Waals surface area contributed by atoms with E-state index in [0.717, 1.165) is 0 Å². The van der Waals surface area contributed by atoms with Gasteiger partial charge in [-0.2, -0.15) is 0 Å². The molecular formula is C7H12N2O3. The molecule has 0 aliphatic rings. The highest BCUT2D eigenvalue weighted by molar-refractivity contribution is 6.40. The molecule has 0 unspecified atom stereocenters. The third kappa shape index (κ3) is 3.72. The second-order valence-electron chi connectivity index (χ2n) is 2.11. The van der Waals surface area contributed by atoms with Gasteiger partial charge in [-0.25, -0.2) is 4.79 Å². The van der Waals surface area contributed by atoms with Gasteiger partial charge in [0.25, 0.3) is 0 Å². The number of carboxylic acid groups (broad SMARTS) is 1. The molecule has 5 heteroatoms. The highest BCUT2D eigenvalue weighted by Gasteiger charge is 2.04. The topological polar surface area (TPSA) is 95.9 Å². The Morgan fingerprint density at radius 2 is 2.25 bits per heavy atom. The fraction of sp³-hybridized carbons (Fsp3) is 0.429. The molecule has 0 spiro atoms. The lowest BCUT2D eigenvalue weighted by Crippen LogP contribution is -2.13. The van der Waals surface area contributed by atoms with Gasteiger partial charge in [0.2, 0.25) is 0 Å². The van der Waals surface area contributed by atoms with Gasteiger partial charge in [-0.15, -0.1) is 0 Å². The van der Waals surface area contributed by atoms with E-state index in [-0.39, 0.29) is 18.7 Å². The molecule has 0 aromatic heterocycles. The number of carbonyl (C=O) groups is 1. The summed E-state index contributed by atoms with van der Waals surface area (Å²) in [4.78, 5) is 13.9. The standard InChI is InChI=1S/C7H12N2O3/c1-9-6(7(11)12)4-5(8)2-3-10/h4,10H,2-3,8H2,1H3,(H,11,12)/b5-4-,9-6?. The van der Waals surface area contributed by atoms with Crippen molar-refractivity contribution in [3.8, 4) is 0 Å². The fourth-order valence-electron chi connectivity index (χ4n) is 0.599. The molecule has 0 aromatic carbocycles.